The molecule has 0 spiro atoms. The number of aromatic nitrogens is 1. The van der Waals surface area contributed by atoms with E-state index >= 15 is 0 Å². The molecule has 0 atom stereocenters. The Morgan fingerprint density at radius 3 is 2.50 bits per heavy atom. The van der Waals surface area contributed by atoms with E-state index in [2.05, 4.69) is 37.4 Å². The fraction of sp³-hybridized carbons (Fsp3) is 0.308. The molecule has 1 aromatic rings. The lowest BCUT2D eigenvalue weighted by molar-refractivity contribution is 0.642. The summed E-state index contributed by atoms with van der Waals surface area (Å²) in [5.74, 6) is 0.523. The lowest BCUT2D eigenvalue weighted by atomic mass is 10.1. The Bertz CT molecular complexity index is 435. The van der Waals surface area contributed by atoms with Crippen LogP contribution in [0.3, 0.4) is 0 Å². The molecular formula is C13H16N2S. The number of rotatable bonds is 2. The molecule has 1 aromatic heterocycles. The molecule has 0 bridgehead atoms. The summed E-state index contributed by atoms with van der Waals surface area (Å²) >= 11 is 1.78. The van der Waals surface area contributed by atoms with Gasteiger partial charge >= 0.3 is 0 Å². The Labute approximate surface area is 101 Å². The van der Waals surface area contributed by atoms with Crippen molar-refractivity contribution >= 4 is 17.5 Å². The first-order valence-electron chi connectivity index (χ1n) is 5.36. The molecule has 0 amide bonds. The van der Waals surface area contributed by atoms with Crippen LogP contribution in [0.4, 0.5) is 0 Å². The van der Waals surface area contributed by atoms with Crippen LogP contribution in [0.15, 0.2) is 41.0 Å². The summed E-state index contributed by atoms with van der Waals surface area (Å²) in [4.78, 5) is 7.61. The van der Waals surface area contributed by atoms with E-state index in [1.165, 1.54) is 16.2 Å². The zero-order valence-corrected chi connectivity index (χ0v) is 10.7. The molecule has 1 aliphatic heterocycles. The first kappa shape index (κ1) is 11.3. The summed E-state index contributed by atoms with van der Waals surface area (Å²) in [5.41, 5.74) is 2.49. The second-order valence-electron chi connectivity index (χ2n) is 4.16. The molecular weight excluding hydrogens is 216 g/mol. The van der Waals surface area contributed by atoms with Crippen molar-refractivity contribution in [3.63, 3.8) is 0 Å². The van der Waals surface area contributed by atoms with Crippen molar-refractivity contribution in [3.05, 3.63) is 46.6 Å². The molecule has 0 saturated carbocycles. The van der Waals surface area contributed by atoms with Crippen molar-refractivity contribution in [2.24, 2.45) is 5.92 Å². The molecule has 84 valence electrons. The highest BCUT2D eigenvalue weighted by atomic mass is 32.2. The lowest BCUT2D eigenvalue weighted by Crippen LogP contribution is -2.10. The minimum Gasteiger partial charge on any atom is -0.338 e. The number of thioether (sulfide) groups is 1. The number of hydrogen-bond acceptors (Lipinski definition) is 3. The molecule has 0 unspecified atom stereocenters. The Morgan fingerprint density at radius 1 is 1.31 bits per heavy atom. The molecule has 2 heterocycles. The molecule has 2 nitrogen and oxygen atoms in total. The van der Waals surface area contributed by atoms with E-state index in [0.29, 0.717) is 5.92 Å². The normalized spacial score (nSPS) is 16.5. The van der Waals surface area contributed by atoms with Crippen molar-refractivity contribution in [3.8, 4) is 0 Å². The number of allylic oxidation sites excluding steroid dienone is 1. The van der Waals surface area contributed by atoms with Crippen molar-refractivity contribution in [1.82, 2.24) is 9.88 Å². The summed E-state index contributed by atoms with van der Waals surface area (Å²) < 4.78 is 0. The van der Waals surface area contributed by atoms with Gasteiger partial charge in [-0.15, -0.1) is 0 Å². The van der Waals surface area contributed by atoms with Gasteiger partial charge < -0.3 is 4.90 Å². The minimum atomic E-state index is 0.523. The predicted octanol–water partition coefficient (Wildman–Crippen LogP) is 3.56. The second-order valence-corrected chi connectivity index (χ2v) is 5.27. The van der Waals surface area contributed by atoms with Gasteiger partial charge in [-0.3, -0.25) is 4.98 Å². The number of hydrogen-bond donors (Lipinski definition) is 0. The molecule has 3 heteroatoms. The van der Waals surface area contributed by atoms with Gasteiger partial charge in [0.25, 0.3) is 0 Å². The molecule has 16 heavy (non-hydrogen) atoms. The summed E-state index contributed by atoms with van der Waals surface area (Å²) in [6, 6.07) is 4.10. The van der Waals surface area contributed by atoms with E-state index in [0.717, 1.165) is 5.03 Å². The molecule has 0 radical (unpaired) electrons. The van der Waals surface area contributed by atoms with Crippen LogP contribution in [0.25, 0.3) is 5.70 Å². The quantitative estimate of drug-likeness (QED) is 0.775. The standard InChI is InChI=1S/C13H16N2S/c1-9(2)13-12(15(4)10(3)16-13)11-5-7-14-8-6-11/h5-9H,3H2,1-2,4H3. The topological polar surface area (TPSA) is 16.1 Å². The third-order valence-electron chi connectivity index (χ3n) is 2.65. The smallest absolute Gasteiger partial charge is 0.0722 e. The van der Waals surface area contributed by atoms with Gasteiger partial charge in [-0.25, -0.2) is 0 Å². The average Bonchev–Trinajstić information content (AvgIpc) is 2.57. The summed E-state index contributed by atoms with van der Waals surface area (Å²) in [6.07, 6.45) is 3.67. The van der Waals surface area contributed by atoms with Gasteiger partial charge in [0.1, 0.15) is 0 Å². The van der Waals surface area contributed by atoms with Crippen LogP contribution in [0, 0.1) is 5.92 Å². The Kier molecular flexibility index (Phi) is 3.06. The van der Waals surface area contributed by atoms with Gasteiger partial charge in [-0.2, -0.15) is 0 Å². The van der Waals surface area contributed by atoms with Crippen LogP contribution in [0.5, 0.6) is 0 Å². The number of pyridine rings is 1. The van der Waals surface area contributed by atoms with Crippen LogP contribution >= 0.6 is 11.8 Å². The van der Waals surface area contributed by atoms with Crippen LogP contribution < -0.4 is 0 Å². The third-order valence-corrected chi connectivity index (χ3v) is 4.04. The summed E-state index contributed by atoms with van der Waals surface area (Å²) in [5, 5.41) is 1.09. The number of nitrogens with zero attached hydrogens (tertiary/aromatic N) is 2. The third kappa shape index (κ3) is 1.87. The Hall–Kier alpha value is -1.22. The van der Waals surface area contributed by atoms with E-state index in [9.17, 15) is 0 Å². The minimum absolute atomic E-state index is 0.523. The maximum absolute atomic E-state index is 4.08. The SMILES string of the molecule is C=C1SC(C(C)C)=C(c2ccncc2)N1C. The molecule has 0 N–H and O–H groups in total. The van der Waals surface area contributed by atoms with Crippen LogP contribution in [-0.2, 0) is 0 Å². The first-order chi connectivity index (χ1) is 7.61. The fourth-order valence-corrected chi connectivity index (χ4v) is 2.84. The summed E-state index contributed by atoms with van der Waals surface area (Å²) in [6.45, 7) is 8.51. The maximum atomic E-state index is 4.08. The van der Waals surface area contributed by atoms with E-state index < -0.39 is 0 Å². The predicted molar refractivity (Wildman–Crippen MR) is 70.5 cm³/mol. The van der Waals surface area contributed by atoms with Gasteiger partial charge in [0.05, 0.1) is 10.7 Å². The largest absolute Gasteiger partial charge is 0.338 e. The molecule has 0 fully saturated rings. The highest BCUT2D eigenvalue weighted by Crippen LogP contribution is 2.46. The maximum Gasteiger partial charge on any atom is 0.0722 e. The van der Waals surface area contributed by atoms with E-state index in [4.69, 9.17) is 0 Å². The average molecular weight is 232 g/mol. The second kappa shape index (κ2) is 4.34. The lowest BCUT2D eigenvalue weighted by Gasteiger charge is -2.17. The van der Waals surface area contributed by atoms with Gasteiger partial charge in [0.2, 0.25) is 0 Å². The van der Waals surface area contributed by atoms with E-state index in [1.54, 1.807) is 11.8 Å². The van der Waals surface area contributed by atoms with Gasteiger partial charge in [-0.1, -0.05) is 32.2 Å². The zero-order chi connectivity index (χ0) is 11.7. The van der Waals surface area contributed by atoms with Crippen molar-refractivity contribution in [2.45, 2.75) is 13.8 Å². The fourth-order valence-electron chi connectivity index (χ4n) is 1.77. The molecule has 0 aliphatic carbocycles. The van der Waals surface area contributed by atoms with Crippen molar-refractivity contribution < 1.29 is 0 Å². The van der Waals surface area contributed by atoms with Gasteiger partial charge in [0, 0.05) is 29.9 Å². The van der Waals surface area contributed by atoms with Gasteiger partial charge in [0.15, 0.2) is 0 Å². The Balaban J connectivity index is 2.50. The Morgan fingerprint density at radius 2 is 1.94 bits per heavy atom. The highest BCUT2D eigenvalue weighted by Gasteiger charge is 2.26. The zero-order valence-electron chi connectivity index (χ0n) is 9.90. The van der Waals surface area contributed by atoms with Crippen LogP contribution in [0.1, 0.15) is 19.4 Å². The first-order valence-corrected chi connectivity index (χ1v) is 6.18. The molecule has 0 aromatic carbocycles. The van der Waals surface area contributed by atoms with Gasteiger partial charge in [-0.05, 0) is 18.1 Å². The van der Waals surface area contributed by atoms with E-state index in [-0.39, 0.29) is 0 Å². The monoisotopic (exact) mass is 232 g/mol. The van der Waals surface area contributed by atoms with Crippen LogP contribution in [0.2, 0.25) is 0 Å². The van der Waals surface area contributed by atoms with Crippen LogP contribution in [-0.4, -0.2) is 16.9 Å². The molecule has 1 aliphatic rings. The van der Waals surface area contributed by atoms with Crippen molar-refractivity contribution in [2.75, 3.05) is 7.05 Å². The highest BCUT2D eigenvalue weighted by molar-refractivity contribution is 8.07. The molecule has 2 rings (SSSR count). The summed E-state index contributed by atoms with van der Waals surface area (Å²) in [7, 11) is 2.07. The van der Waals surface area contributed by atoms with Crippen molar-refractivity contribution in [1.29, 1.82) is 0 Å². The molecule has 0 saturated heterocycles. The van der Waals surface area contributed by atoms with E-state index in [1.807, 2.05) is 24.5 Å².